The van der Waals surface area contributed by atoms with Crippen molar-refractivity contribution in [2.75, 3.05) is 0 Å². The first-order chi connectivity index (χ1) is 11.5. The van der Waals surface area contributed by atoms with Crippen molar-refractivity contribution in [1.82, 2.24) is 14.6 Å². The number of rotatable bonds is 2. The molecule has 2 aromatic heterocycles. The molecule has 2 aromatic rings. The minimum atomic E-state index is -2.65. The highest BCUT2D eigenvalue weighted by atomic mass is 19.3. The van der Waals surface area contributed by atoms with Crippen LogP contribution in [0.5, 0.6) is 0 Å². The van der Waals surface area contributed by atoms with E-state index >= 15 is 0 Å². The summed E-state index contributed by atoms with van der Waals surface area (Å²) < 4.78 is 28.2. The molecule has 4 rings (SSSR count). The van der Waals surface area contributed by atoms with Gasteiger partial charge in [-0.1, -0.05) is 6.08 Å². The van der Waals surface area contributed by atoms with E-state index in [2.05, 4.69) is 16.2 Å². The Hall–Kier alpha value is -2.49. The Kier molecular flexibility index (Phi) is 3.30. The molecule has 2 atom stereocenters. The van der Waals surface area contributed by atoms with E-state index in [9.17, 15) is 13.6 Å². The molecule has 1 fully saturated rings. The fraction of sp³-hybridized carbons (Fsp3) is 0.471. The molecule has 124 valence electrons. The summed E-state index contributed by atoms with van der Waals surface area (Å²) in [4.78, 5) is 15.1. The second kappa shape index (κ2) is 5.26. The van der Waals surface area contributed by atoms with Crippen LogP contribution in [0.15, 0.2) is 23.0 Å². The van der Waals surface area contributed by atoms with Crippen LogP contribution in [0.3, 0.4) is 0 Å². The lowest BCUT2D eigenvalue weighted by Crippen LogP contribution is -2.28. The monoisotopic (exact) mass is 330 g/mol. The van der Waals surface area contributed by atoms with Gasteiger partial charge in [-0.3, -0.25) is 4.79 Å². The molecule has 2 aliphatic carbocycles. The van der Waals surface area contributed by atoms with Crippen molar-refractivity contribution in [2.45, 2.75) is 43.9 Å². The number of aromatic amines is 1. The lowest BCUT2D eigenvalue weighted by atomic mass is 9.74. The molecule has 0 aromatic carbocycles. The van der Waals surface area contributed by atoms with Crippen molar-refractivity contribution >= 4 is 11.1 Å². The highest BCUT2D eigenvalue weighted by molar-refractivity contribution is 5.68. The van der Waals surface area contributed by atoms with E-state index in [1.165, 1.54) is 10.6 Å². The van der Waals surface area contributed by atoms with Crippen molar-refractivity contribution in [3.8, 4) is 6.07 Å². The number of halogens is 2. The van der Waals surface area contributed by atoms with Crippen molar-refractivity contribution in [2.24, 2.45) is 5.92 Å². The van der Waals surface area contributed by atoms with Crippen LogP contribution in [-0.2, 0) is 0 Å². The van der Waals surface area contributed by atoms with Gasteiger partial charge < -0.3 is 4.98 Å². The molecule has 0 amide bonds. The van der Waals surface area contributed by atoms with Gasteiger partial charge in [0, 0.05) is 18.8 Å². The molecular weight excluding hydrogens is 314 g/mol. The second-order valence-electron chi connectivity index (χ2n) is 6.56. The summed E-state index contributed by atoms with van der Waals surface area (Å²) in [5.41, 5.74) is 1.59. The number of H-pyrrole nitrogens is 1. The van der Waals surface area contributed by atoms with Crippen molar-refractivity contribution in [3.63, 3.8) is 0 Å². The van der Waals surface area contributed by atoms with Gasteiger partial charge in [-0.25, -0.2) is 13.3 Å². The Morgan fingerprint density at radius 3 is 2.83 bits per heavy atom. The largest absolute Gasteiger partial charge is 0.307 e. The number of hydrogen-bond donors (Lipinski definition) is 1. The number of nitriles is 1. The van der Waals surface area contributed by atoms with Crippen LogP contribution in [0.1, 0.15) is 49.5 Å². The maximum atomic E-state index is 13.4. The fourth-order valence-corrected chi connectivity index (χ4v) is 3.44. The van der Waals surface area contributed by atoms with Crippen molar-refractivity contribution in [3.05, 3.63) is 40.1 Å². The minimum Gasteiger partial charge on any atom is -0.307 e. The third-order valence-corrected chi connectivity index (χ3v) is 5.07. The van der Waals surface area contributed by atoms with Gasteiger partial charge in [-0.05, 0) is 37.0 Å². The molecule has 0 saturated heterocycles. The van der Waals surface area contributed by atoms with Crippen LogP contribution in [0.25, 0.3) is 11.1 Å². The third kappa shape index (κ3) is 2.33. The first-order valence-electron chi connectivity index (χ1n) is 8.07. The Balaban J connectivity index is 1.78. The fourth-order valence-electron chi connectivity index (χ4n) is 3.44. The summed E-state index contributed by atoms with van der Waals surface area (Å²) in [6.07, 6.45) is 2.94. The average Bonchev–Trinajstić information content (AvgIpc) is 2.91. The zero-order valence-corrected chi connectivity index (χ0v) is 12.9. The first-order valence-corrected chi connectivity index (χ1v) is 8.07. The van der Waals surface area contributed by atoms with Gasteiger partial charge in [0.15, 0.2) is 0 Å². The Morgan fingerprint density at radius 1 is 1.38 bits per heavy atom. The van der Waals surface area contributed by atoms with Gasteiger partial charge in [0.05, 0.1) is 17.7 Å². The quantitative estimate of drug-likeness (QED) is 0.918. The smallest absolute Gasteiger partial charge is 0.275 e. The normalized spacial score (nSPS) is 25.8. The molecule has 0 unspecified atom stereocenters. The van der Waals surface area contributed by atoms with Crippen LogP contribution in [0.4, 0.5) is 8.78 Å². The summed E-state index contributed by atoms with van der Waals surface area (Å²) in [5.74, 6) is -2.34. The highest BCUT2D eigenvalue weighted by Gasteiger charge is 2.35. The summed E-state index contributed by atoms with van der Waals surface area (Å²) in [6, 6.07) is 5.64. The van der Waals surface area contributed by atoms with E-state index < -0.39 is 5.92 Å². The lowest BCUT2D eigenvalue weighted by molar-refractivity contribution is -0.00607. The summed E-state index contributed by atoms with van der Waals surface area (Å²) in [7, 11) is 0. The van der Waals surface area contributed by atoms with Gasteiger partial charge in [-0.2, -0.15) is 10.4 Å². The van der Waals surface area contributed by atoms with Gasteiger partial charge in [0.2, 0.25) is 0 Å². The van der Waals surface area contributed by atoms with Gasteiger partial charge in [-0.15, -0.1) is 0 Å². The molecule has 1 saturated carbocycles. The SMILES string of the molecule is N#C[C@@H]1CC[C@H]1c1nn2c(C3=CCC(F)(F)CC3)ccc2c(=O)[nH]1. The second-order valence-corrected chi connectivity index (χ2v) is 6.56. The topological polar surface area (TPSA) is 74.0 Å². The Morgan fingerprint density at radius 2 is 2.21 bits per heavy atom. The molecule has 1 N–H and O–H groups in total. The molecule has 0 radical (unpaired) electrons. The summed E-state index contributed by atoms with van der Waals surface area (Å²) in [5, 5.41) is 13.6. The molecule has 0 aliphatic heterocycles. The molecule has 0 spiro atoms. The number of allylic oxidation sites excluding steroid dienone is 2. The highest BCUT2D eigenvalue weighted by Crippen LogP contribution is 2.40. The lowest BCUT2D eigenvalue weighted by Gasteiger charge is -2.30. The van der Waals surface area contributed by atoms with Crippen LogP contribution < -0.4 is 5.56 Å². The molecule has 7 heteroatoms. The van der Waals surface area contributed by atoms with E-state index in [4.69, 9.17) is 5.26 Å². The van der Waals surface area contributed by atoms with Crippen molar-refractivity contribution in [1.29, 1.82) is 5.26 Å². The predicted molar refractivity (Wildman–Crippen MR) is 83.7 cm³/mol. The number of aromatic nitrogens is 3. The number of fused-ring (bicyclic) bond motifs is 1. The zero-order chi connectivity index (χ0) is 16.9. The van der Waals surface area contributed by atoms with E-state index in [1.54, 1.807) is 12.1 Å². The molecule has 2 aliphatic rings. The number of alkyl halides is 2. The molecule has 2 heterocycles. The van der Waals surface area contributed by atoms with Crippen LogP contribution in [0.2, 0.25) is 0 Å². The van der Waals surface area contributed by atoms with Crippen LogP contribution in [0, 0.1) is 17.2 Å². The van der Waals surface area contributed by atoms with E-state index in [-0.39, 0.29) is 36.7 Å². The van der Waals surface area contributed by atoms with E-state index in [0.717, 1.165) is 18.4 Å². The van der Waals surface area contributed by atoms with Crippen LogP contribution in [-0.4, -0.2) is 20.5 Å². The average molecular weight is 330 g/mol. The summed E-state index contributed by atoms with van der Waals surface area (Å²) >= 11 is 0. The maximum absolute atomic E-state index is 13.4. The zero-order valence-electron chi connectivity index (χ0n) is 12.9. The summed E-state index contributed by atoms with van der Waals surface area (Å²) in [6.45, 7) is 0. The first kappa shape index (κ1) is 15.1. The number of nitrogens with one attached hydrogen (secondary N) is 1. The Bertz CT molecular complexity index is 934. The van der Waals surface area contributed by atoms with Crippen LogP contribution >= 0.6 is 0 Å². The Labute approximate surface area is 136 Å². The number of nitrogens with zero attached hydrogens (tertiary/aromatic N) is 3. The maximum Gasteiger partial charge on any atom is 0.275 e. The third-order valence-electron chi connectivity index (χ3n) is 5.07. The van der Waals surface area contributed by atoms with Gasteiger partial charge in [0.25, 0.3) is 11.5 Å². The standard InChI is InChI=1S/C17H16F2N4O/c18-17(19)7-5-10(6-8-17)13-3-4-14-16(24)21-15(22-23(13)14)12-2-1-11(12)9-20/h3-5,11-12H,1-2,6-8H2,(H,21,22,24)/t11-,12+/m0/s1. The van der Waals surface area contributed by atoms with E-state index in [0.29, 0.717) is 17.0 Å². The number of hydrogen-bond acceptors (Lipinski definition) is 3. The van der Waals surface area contributed by atoms with Crippen molar-refractivity contribution < 1.29 is 8.78 Å². The molecule has 24 heavy (non-hydrogen) atoms. The van der Waals surface area contributed by atoms with Gasteiger partial charge >= 0.3 is 0 Å². The van der Waals surface area contributed by atoms with E-state index in [1.807, 2.05) is 0 Å². The molecule has 0 bridgehead atoms. The molecular formula is C17H16F2N4O. The van der Waals surface area contributed by atoms with Gasteiger partial charge in [0.1, 0.15) is 11.3 Å². The predicted octanol–water partition coefficient (Wildman–Crippen LogP) is 3.24. The minimum absolute atomic E-state index is 0.0629. The molecule has 5 nitrogen and oxygen atoms in total.